The van der Waals surface area contributed by atoms with Crippen molar-refractivity contribution in [2.45, 2.75) is 31.8 Å². The van der Waals surface area contributed by atoms with E-state index in [9.17, 15) is 9.59 Å². The molecule has 3 fully saturated rings. The van der Waals surface area contributed by atoms with Crippen LogP contribution in [0.25, 0.3) is 0 Å². The summed E-state index contributed by atoms with van der Waals surface area (Å²) in [5.41, 5.74) is 0. The van der Waals surface area contributed by atoms with Gasteiger partial charge < -0.3 is 9.47 Å². The van der Waals surface area contributed by atoms with Crippen LogP contribution in [0, 0.1) is 5.92 Å². The summed E-state index contributed by atoms with van der Waals surface area (Å²) in [6.45, 7) is 2.84. The minimum Gasteiger partial charge on any atom is -0.372 e. The molecule has 3 aliphatic heterocycles. The quantitative estimate of drug-likeness (QED) is 0.666. The molecule has 0 bridgehead atoms. The maximum atomic E-state index is 11.6. The van der Waals surface area contributed by atoms with Crippen LogP contribution in [-0.2, 0) is 14.3 Å². The number of carbonyl (C=O) groups excluding carboxylic acids is 2. The molecule has 3 aliphatic rings. The van der Waals surface area contributed by atoms with Gasteiger partial charge in [0, 0.05) is 13.0 Å². The molecule has 0 saturated carbocycles. The second kappa shape index (κ2) is 3.43. The van der Waals surface area contributed by atoms with Gasteiger partial charge in [-0.3, -0.25) is 15.0 Å². The van der Waals surface area contributed by atoms with Crippen LogP contribution in [0.15, 0.2) is 0 Å². The fourth-order valence-corrected chi connectivity index (χ4v) is 2.32. The maximum Gasteiger partial charge on any atom is 0.326 e. The topological polar surface area (TPSA) is 67.9 Å². The molecule has 3 heterocycles. The summed E-state index contributed by atoms with van der Waals surface area (Å²) >= 11 is 0. The highest BCUT2D eigenvalue weighted by Crippen LogP contribution is 2.33. The Labute approximate surface area is 92.9 Å². The first-order valence-corrected chi connectivity index (χ1v) is 5.53. The van der Waals surface area contributed by atoms with E-state index < -0.39 is 0 Å². The molecule has 0 radical (unpaired) electrons. The summed E-state index contributed by atoms with van der Waals surface area (Å²) in [4.78, 5) is 24.5. The smallest absolute Gasteiger partial charge is 0.326 e. The Morgan fingerprint density at radius 1 is 1.38 bits per heavy atom. The van der Waals surface area contributed by atoms with Crippen molar-refractivity contribution < 1.29 is 19.1 Å². The average Bonchev–Trinajstić information content (AvgIpc) is 2.49. The van der Waals surface area contributed by atoms with E-state index in [-0.39, 0.29) is 36.3 Å². The zero-order chi connectivity index (χ0) is 11.3. The van der Waals surface area contributed by atoms with E-state index in [0.717, 1.165) is 0 Å². The average molecular weight is 226 g/mol. The summed E-state index contributed by atoms with van der Waals surface area (Å²) in [5, 5.41) is 2.33. The molecule has 0 spiro atoms. The van der Waals surface area contributed by atoms with Gasteiger partial charge in [0.15, 0.2) is 0 Å². The third-order valence-corrected chi connectivity index (χ3v) is 3.41. The Balaban J connectivity index is 1.70. The summed E-state index contributed by atoms with van der Waals surface area (Å²) in [6.07, 6.45) is 0.725. The lowest BCUT2D eigenvalue weighted by Gasteiger charge is -2.34. The Kier molecular flexibility index (Phi) is 2.15. The molecule has 0 aromatic rings. The fourth-order valence-electron chi connectivity index (χ4n) is 2.32. The summed E-state index contributed by atoms with van der Waals surface area (Å²) in [6, 6.07) is -0.352. The summed E-state index contributed by atoms with van der Waals surface area (Å²) in [7, 11) is 0. The number of carbonyl (C=O) groups is 2. The minimum absolute atomic E-state index is 0.130. The Hall–Kier alpha value is -1.14. The van der Waals surface area contributed by atoms with Gasteiger partial charge in [0.25, 0.3) is 0 Å². The largest absolute Gasteiger partial charge is 0.372 e. The van der Waals surface area contributed by atoms with E-state index >= 15 is 0 Å². The lowest BCUT2D eigenvalue weighted by atomic mass is 10.1. The van der Waals surface area contributed by atoms with Crippen molar-refractivity contribution in [3.63, 3.8) is 0 Å². The highest BCUT2D eigenvalue weighted by Gasteiger charge is 2.47. The standard InChI is InChI=1S/C10H14N2O4/c1-5-3-12(10(14)11-9(5)13)8-2-6-7(16-8)4-15-6/h5-8H,2-4H2,1H3,(H,11,13,14). The number of hydrogen-bond donors (Lipinski definition) is 1. The summed E-state index contributed by atoms with van der Waals surface area (Å²) in [5.74, 6) is -0.390. The van der Waals surface area contributed by atoms with E-state index in [4.69, 9.17) is 9.47 Å². The van der Waals surface area contributed by atoms with Crippen LogP contribution in [0.4, 0.5) is 4.79 Å². The lowest BCUT2D eigenvalue weighted by molar-refractivity contribution is -0.155. The molecule has 3 amide bonds. The molecule has 4 atom stereocenters. The van der Waals surface area contributed by atoms with E-state index in [2.05, 4.69) is 5.32 Å². The highest BCUT2D eigenvalue weighted by molar-refractivity contribution is 5.97. The number of amides is 3. The van der Waals surface area contributed by atoms with Gasteiger partial charge in [0.1, 0.15) is 12.3 Å². The summed E-state index contributed by atoms with van der Waals surface area (Å²) < 4.78 is 11.0. The molecule has 4 unspecified atom stereocenters. The first-order valence-electron chi connectivity index (χ1n) is 5.53. The van der Waals surface area contributed by atoms with E-state index in [1.54, 1.807) is 11.8 Å². The van der Waals surface area contributed by atoms with Crippen molar-refractivity contribution in [2.24, 2.45) is 5.92 Å². The van der Waals surface area contributed by atoms with Crippen LogP contribution in [0.2, 0.25) is 0 Å². The van der Waals surface area contributed by atoms with Crippen LogP contribution < -0.4 is 5.32 Å². The molecular formula is C10H14N2O4. The number of fused-ring (bicyclic) bond motifs is 1. The molecule has 1 N–H and O–H groups in total. The van der Waals surface area contributed by atoms with Gasteiger partial charge in [0.2, 0.25) is 5.91 Å². The van der Waals surface area contributed by atoms with Crippen molar-refractivity contribution in [3.8, 4) is 0 Å². The zero-order valence-corrected chi connectivity index (χ0v) is 9.01. The Morgan fingerprint density at radius 2 is 2.19 bits per heavy atom. The number of urea groups is 1. The van der Waals surface area contributed by atoms with Gasteiger partial charge in [-0.25, -0.2) is 4.79 Å². The lowest BCUT2D eigenvalue weighted by Crippen LogP contribution is -2.57. The molecule has 0 aromatic heterocycles. The fraction of sp³-hybridized carbons (Fsp3) is 0.800. The molecule has 6 nitrogen and oxygen atoms in total. The number of imide groups is 1. The minimum atomic E-state index is -0.352. The number of nitrogens with one attached hydrogen (secondary N) is 1. The first kappa shape index (κ1) is 10.0. The van der Waals surface area contributed by atoms with Gasteiger partial charge in [-0.1, -0.05) is 6.92 Å². The van der Waals surface area contributed by atoms with Crippen LogP contribution >= 0.6 is 0 Å². The van der Waals surface area contributed by atoms with Gasteiger partial charge in [-0.05, 0) is 0 Å². The van der Waals surface area contributed by atoms with Crippen molar-refractivity contribution in [1.29, 1.82) is 0 Å². The van der Waals surface area contributed by atoms with Crippen LogP contribution in [0.5, 0.6) is 0 Å². The van der Waals surface area contributed by atoms with Crippen LogP contribution in [0.1, 0.15) is 13.3 Å². The Morgan fingerprint density at radius 3 is 2.75 bits per heavy atom. The molecule has 0 aromatic carbocycles. The van der Waals surface area contributed by atoms with Crippen molar-refractivity contribution >= 4 is 11.9 Å². The second-order valence-corrected chi connectivity index (χ2v) is 4.58. The van der Waals surface area contributed by atoms with E-state index in [1.165, 1.54) is 0 Å². The van der Waals surface area contributed by atoms with Gasteiger partial charge in [-0.2, -0.15) is 0 Å². The molecule has 16 heavy (non-hydrogen) atoms. The van der Waals surface area contributed by atoms with Crippen molar-refractivity contribution in [2.75, 3.05) is 13.2 Å². The van der Waals surface area contributed by atoms with Crippen molar-refractivity contribution in [3.05, 3.63) is 0 Å². The van der Waals surface area contributed by atoms with E-state index in [0.29, 0.717) is 19.6 Å². The molecule has 3 rings (SSSR count). The van der Waals surface area contributed by atoms with Crippen LogP contribution in [0.3, 0.4) is 0 Å². The molecule has 88 valence electrons. The molecule has 3 saturated heterocycles. The third-order valence-electron chi connectivity index (χ3n) is 3.41. The maximum absolute atomic E-state index is 11.6. The first-order chi connectivity index (χ1) is 7.65. The number of ether oxygens (including phenoxy) is 2. The highest BCUT2D eigenvalue weighted by atomic mass is 16.6. The molecule has 0 aliphatic carbocycles. The normalized spacial score (nSPS) is 42.7. The predicted octanol–water partition coefficient (Wildman–Crippen LogP) is -0.312. The van der Waals surface area contributed by atoms with Gasteiger partial charge in [0.05, 0.1) is 18.6 Å². The second-order valence-electron chi connectivity index (χ2n) is 4.58. The Bertz CT molecular complexity index is 334. The van der Waals surface area contributed by atoms with Gasteiger partial charge in [-0.15, -0.1) is 0 Å². The third kappa shape index (κ3) is 1.41. The predicted molar refractivity (Wildman–Crippen MR) is 52.4 cm³/mol. The number of nitrogens with zero attached hydrogens (tertiary/aromatic N) is 1. The zero-order valence-electron chi connectivity index (χ0n) is 9.01. The number of hydrogen-bond acceptors (Lipinski definition) is 4. The SMILES string of the molecule is CC1CN(C2CC3OCC3O2)C(=O)NC1=O. The molecular weight excluding hydrogens is 212 g/mol. The van der Waals surface area contributed by atoms with Crippen LogP contribution in [-0.4, -0.2) is 48.4 Å². The van der Waals surface area contributed by atoms with E-state index in [1.807, 2.05) is 0 Å². The van der Waals surface area contributed by atoms with Crippen molar-refractivity contribution in [1.82, 2.24) is 10.2 Å². The molecule has 6 heteroatoms. The van der Waals surface area contributed by atoms with Gasteiger partial charge >= 0.3 is 6.03 Å². The monoisotopic (exact) mass is 226 g/mol. The number of rotatable bonds is 1.